The standard InChI is InChI=1S/C12H23NO2/c1-12(2,3)11(14)9-13(4)8-10-6-5-7-15-10/h10H,5-9H2,1-4H3. The first-order valence-corrected chi connectivity index (χ1v) is 5.73. The van der Waals surface area contributed by atoms with E-state index in [0.29, 0.717) is 18.4 Å². The lowest BCUT2D eigenvalue weighted by Crippen LogP contribution is -2.37. The van der Waals surface area contributed by atoms with Gasteiger partial charge in [0.2, 0.25) is 0 Å². The summed E-state index contributed by atoms with van der Waals surface area (Å²) in [4.78, 5) is 13.8. The van der Waals surface area contributed by atoms with Gasteiger partial charge in [-0.15, -0.1) is 0 Å². The van der Waals surface area contributed by atoms with E-state index in [2.05, 4.69) is 4.90 Å². The molecule has 1 aliphatic rings. The van der Waals surface area contributed by atoms with Gasteiger partial charge in [-0.2, -0.15) is 0 Å². The highest BCUT2D eigenvalue weighted by atomic mass is 16.5. The zero-order chi connectivity index (χ0) is 11.5. The minimum atomic E-state index is -0.231. The SMILES string of the molecule is CN(CC(=O)C(C)(C)C)CC1CCCO1. The van der Waals surface area contributed by atoms with Crippen molar-refractivity contribution in [3.8, 4) is 0 Å². The van der Waals surface area contributed by atoms with Crippen LogP contribution in [0.25, 0.3) is 0 Å². The summed E-state index contributed by atoms with van der Waals surface area (Å²) < 4.78 is 5.54. The van der Waals surface area contributed by atoms with Gasteiger partial charge in [-0.25, -0.2) is 0 Å². The first-order chi connectivity index (χ1) is 6.89. The van der Waals surface area contributed by atoms with E-state index in [1.54, 1.807) is 0 Å². The fourth-order valence-electron chi connectivity index (χ4n) is 1.68. The fraction of sp³-hybridized carbons (Fsp3) is 0.917. The number of hydrogen-bond donors (Lipinski definition) is 0. The summed E-state index contributed by atoms with van der Waals surface area (Å²) in [6.07, 6.45) is 2.63. The molecule has 88 valence electrons. The lowest BCUT2D eigenvalue weighted by molar-refractivity contribution is -0.127. The van der Waals surface area contributed by atoms with Crippen LogP contribution in [0.1, 0.15) is 33.6 Å². The van der Waals surface area contributed by atoms with Crippen LogP contribution in [0.5, 0.6) is 0 Å². The van der Waals surface area contributed by atoms with Crippen LogP contribution in [-0.2, 0) is 9.53 Å². The quantitative estimate of drug-likeness (QED) is 0.712. The molecule has 1 aliphatic heterocycles. The van der Waals surface area contributed by atoms with Crippen LogP contribution in [0.2, 0.25) is 0 Å². The molecule has 0 amide bonds. The summed E-state index contributed by atoms with van der Waals surface area (Å²) in [5.74, 6) is 0.294. The molecule has 0 bridgehead atoms. The second-order valence-electron chi connectivity index (χ2n) is 5.50. The van der Waals surface area contributed by atoms with E-state index in [0.717, 1.165) is 26.0 Å². The van der Waals surface area contributed by atoms with Gasteiger partial charge < -0.3 is 4.74 Å². The van der Waals surface area contributed by atoms with Crippen molar-refractivity contribution in [2.24, 2.45) is 5.41 Å². The van der Waals surface area contributed by atoms with Crippen LogP contribution < -0.4 is 0 Å². The van der Waals surface area contributed by atoms with Crippen LogP contribution >= 0.6 is 0 Å². The van der Waals surface area contributed by atoms with E-state index in [9.17, 15) is 4.79 Å². The van der Waals surface area contributed by atoms with Crippen LogP contribution in [0, 0.1) is 5.41 Å². The number of likely N-dealkylation sites (N-methyl/N-ethyl adjacent to an activating group) is 1. The van der Waals surface area contributed by atoms with E-state index in [4.69, 9.17) is 4.74 Å². The zero-order valence-electron chi connectivity index (χ0n) is 10.4. The monoisotopic (exact) mass is 213 g/mol. The van der Waals surface area contributed by atoms with Gasteiger partial charge >= 0.3 is 0 Å². The molecule has 0 saturated carbocycles. The third-order valence-corrected chi connectivity index (χ3v) is 2.79. The predicted octanol–water partition coefficient (Wildman–Crippen LogP) is 1.71. The maximum absolute atomic E-state index is 11.8. The van der Waals surface area contributed by atoms with Crippen molar-refractivity contribution in [2.75, 3.05) is 26.7 Å². The highest BCUT2D eigenvalue weighted by Gasteiger charge is 2.24. The van der Waals surface area contributed by atoms with E-state index in [-0.39, 0.29) is 5.41 Å². The minimum Gasteiger partial charge on any atom is -0.377 e. The van der Waals surface area contributed by atoms with Crippen LogP contribution in [0.15, 0.2) is 0 Å². The van der Waals surface area contributed by atoms with Crippen LogP contribution in [0.3, 0.4) is 0 Å². The summed E-state index contributed by atoms with van der Waals surface area (Å²) in [6, 6.07) is 0. The maximum atomic E-state index is 11.8. The third-order valence-electron chi connectivity index (χ3n) is 2.79. The molecule has 3 nitrogen and oxygen atoms in total. The van der Waals surface area contributed by atoms with E-state index in [1.807, 2.05) is 27.8 Å². The second kappa shape index (κ2) is 5.08. The van der Waals surface area contributed by atoms with Gasteiger partial charge in [0.1, 0.15) is 0 Å². The Morgan fingerprint density at radius 1 is 1.47 bits per heavy atom. The molecule has 3 heteroatoms. The second-order valence-corrected chi connectivity index (χ2v) is 5.50. The van der Waals surface area contributed by atoms with Crippen LogP contribution in [-0.4, -0.2) is 43.5 Å². The summed E-state index contributed by atoms with van der Waals surface area (Å²) in [5, 5.41) is 0. The number of Topliss-reactive ketones (excluding diaryl/α,β-unsaturated/α-hetero) is 1. The minimum absolute atomic E-state index is 0.231. The van der Waals surface area contributed by atoms with E-state index < -0.39 is 0 Å². The van der Waals surface area contributed by atoms with Gasteiger partial charge in [-0.05, 0) is 19.9 Å². The molecule has 0 aromatic carbocycles. The average molecular weight is 213 g/mol. The summed E-state index contributed by atoms with van der Waals surface area (Å²) in [5.41, 5.74) is -0.231. The molecule has 1 heterocycles. The van der Waals surface area contributed by atoms with Crippen molar-refractivity contribution in [3.63, 3.8) is 0 Å². The lowest BCUT2D eigenvalue weighted by atomic mass is 9.90. The molecule has 1 rings (SSSR count). The van der Waals surface area contributed by atoms with Crippen molar-refractivity contribution >= 4 is 5.78 Å². The normalized spacial score (nSPS) is 22.3. The maximum Gasteiger partial charge on any atom is 0.152 e. The molecule has 0 radical (unpaired) electrons. The van der Waals surface area contributed by atoms with Gasteiger partial charge in [0.15, 0.2) is 5.78 Å². The Kier molecular flexibility index (Phi) is 4.29. The van der Waals surface area contributed by atoms with E-state index >= 15 is 0 Å². The van der Waals surface area contributed by atoms with Crippen LogP contribution in [0.4, 0.5) is 0 Å². The lowest BCUT2D eigenvalue weighted by Gasteiger charge is -2.24. The Hall–Kier alpha value is -0.410. The first-order valence-electron chi connectivity index (χ1n) is 5.73. The van der Waals surface area contributed by atoms with Crippen molar-refractivity contribution in [1.82, 2.24) is 4.90 Å². The summed E-state index contributed by atoms with van der Waals surface area (Å²) in [6.45, 7) is 8.19. The molecule has 0 N–H and O–H groups in total. The Morgan fingerprint density at radius 3 is 2.60 bits per heavy atom. The van der Waals surface area contributed by atoms with Gasteiger partial charge in [0.25, 0.3) is 0 Å². The van der Waals surface area contributed by atoms with Crippen molar-refractivity contribution < 1.29 is 9.53 Å². The number of hydrogen-bond acceptors (Lipinski definition) is 3. The molecule has 15 heavy (non-hydrogen) atoms. The zero-order valence-corrected chi connectivity index (χ0v) is 10.4. The van der Waals surface area contributed by atoms with Gasteiger partial charge in [-0.1, -0.05) is 20.8 Å². The molecule has 0 aliphatic carbocycles. The Balaban J connectivity index is 2.28. The average Bonchev–Trinajstić information content (AvgIpc) is 2.54. The smallest absolute Gasteiger partial charge is 0.152 e. The number of carbonyl (C=O) groups excluding carboxylic acids is 1. The molecule has 1 fully saturated rings. The summed E-state index contributed by atoms with van der Waals surface area (Å²) in [7, 11) is 1.99. The molecule has 1 unspecified atom stereocenters. The number of rotatable bonds is 4. The highest BCUT2D eigenvalue weighted by molar-refractivity contribution is 5.85. The van der Waals surface area contributed by atoms with Gasteiger partial charge in [0.05, 0.1) is 12.6 Å². The molecular formula is C12H23NO2. The van der Waals surface area contributed by atoms with Gasteiger partial charge in [0, 0.05) is 18.6 Å². The first kappa shape index (κ1) is 12.7. The van der Waals surface area contributed by atoms with Crippen molar-refractivity contribution in [1.29, 1.82) is 0 Å². The molecule has 1 saturated heterocycles. The van der Waals surface area contributed by atoms with Gasteiger partial charge in [-0.3, -0.25) is 9.69 Å². The summed E-state index contributed by atoms with van der Waals surface area (Å²) >= 11 is 0. The largest absolute Gasteiger partial charge is 0.377 e. The van der Waals surface area contributed by atoms with E-state index in [1.165, 1.54) is 0 Å². The van der Waals surface area contributed by atoms with Crippen molar-refractivity contribution in [3.05, 3.63) is 0 Å². The number of carbonyl (C=O) groups is 1. The number of ether oxygens (including phenoxy) is 1. The molecular weight excluding hydrogens is 190 g/mol. The van der Waals surface area contributed by atoms with Crippen molar-refractivity contribution in [2.45, 2.75) is 39.7 Å². The Morgan fingerprint density at radius 2 is 2.13 bits per heavy atom. The fourth-order valence-corrected chi connectivity index (χ4v) is 1.68. The Bertz CT molecular complexity index is 214. The number of nitrogens with zero attached hydrogens (tertiary/aromatic N) is 1. The highest BCUT2D eigenvalue weighted by Crippen LogP contribution is 2.16. The molecule has 0 aromatic rings. The molecule has 0 aromatic heterocycles. The number of ketones is 1. The Labute approximate surface area is 92.8 Å². The third kappa shape index (κ3) is 4.31. The topological polar surface area (TPSA) is 29.5 Å². The molecule has 1 atom stereocenters. The predicted molar refractivity (Wildman–Crippen MR) is 60.9 cm³/mol. The molecule has 0 spiro atoms.